The lowest BCUT2D eigenvalue weighted by Crippen LogP contribution is -2.06. The summed E-state index contributed by atoms with van der Waals surface area (Å²) in [5, 5.41) is 4.66. The molecule has 0 amide bonds. The van der Waals surface area contributed by atoms with Crippen LogP contribution >= 0.6 is 50.1 Å². The molecule has 24 heavy (non-hydrogen) atoms. The molecule has 0 aliphatic heterocycles. The summed E-state index contributed by atoms with van der Waals surface area (Å²) < 4.78 is 12.9. The van der Waals surface area contributed by atoms with E-state index in [2.05, 4.69) is 48.7 Å². The van der Waals surface area contributed by atoms with Gasteiger partial charge in [0.05, 0.1) is 14.7 Å². The Morgan fingerprint density at radius 3 is 2.58 bits per heavy atom. The Bertz CT molecular complexity index is 883. The van der Waals surface area contributed by atoms with Crippen LogP contribution in [0.1, 0.15) is 13.8 Å². The second-order valence-electron chi connectivity index (χ2n) is 5.36. The Balaban J connectivity index is 1.90. The Labute approximate surface area is 166 Å². The van der Waals surface area contributed by atoms with Crippen molar-refractivity contribution in [3.63, 3.8) is 0 Å². The summed E-state index contributed by atoms with van der Waals surface area (Å²) in [7, 11) is 0. The van der Waals surface area contributed by atoms with Gasteiger partial charge >= 0.3 is 0 Å². The molecule has 7 heteroatoms. The molecule has 0 N–H and O–H groups in total. The molecule has 0 saturated heterocycles. The summed E-state index contributed by atoms with van der Waals surface area (Å²) in [4.78, 5) is 4.46. The minimum absolute atomic E-state index is 0.128. The molecule has 0 fully saturated rings. The van der Waals surface area contributed by atoms with E-state index < -0.39 is 0 Å². The third kappa shape index (κ3) is 3.92. The van der Waals surface area contributed by atoms with E-state index in [9.17, 15) is 0 Å². The zero-order valence-corrected chi connectivity index (χ0v) is 17.4. The Morgan fingerprint density at radius 1 is 1.17 bits per heavy atom. The highest BCUT2D eigenvalue weighted by atomic mass is 127. The first-order valence-corrected chi connectivity index (χ1v) is 9.44. The molecular formula is C17H13BrClIN2O2. The summed E-state index contributed by atoms with van der Waals surface area (Å²) >= 11 is 11.7. The molecule has 0 radical (unpaired) electrons. The van der Waals surface area contributed by atoms with Gasteiger partial charge in [-0.1, -0.05) is 16.8 Å². The van der Waals surface area contributed by atoms with Crippen molar-refractivity contribution in [2.75, 3.05) is 0 Å². The molecule has 3 rings (SSSR count). The molecule has 0 aliphatic rings. The molecule has 0 unspecified atom stereocenters. The van der Waals surface area contributed by atoms with Crippen molar-refractivity contribution in [2.24, 2.45) is 0 Å². The van der Waals surface area contributed by atoms with Gasteiger partial charge in [0.2, 0.25) is 5.82 Å². The number of halogens is 3. The number of benzene rings is 2. The predicted octanol–water partition coefficient (Wildman–Crippen LogP) is 6.21. The quantitative estimate of drug-likeness (QED) is 0.385. The lowest BCUT2D eigenvalue weighted by atomic mass is 10.2. The Morgan fingerprint density at radius 2 is 1.92 bits per heavy atom. The number of hydrogen-bond donors (Lipinski definition) is 0. The lowest BCUT2D eigenvalue weighted by Gasteiger charge is -2.11. The van der Waals surface area contributed by atoms with Gasteiger partial charge in [-0.15, -0.1) is 0 Å². The smallest absolute Gasteiger partial charge is 0.258 e. The SMILES string of the molecule is CC(C)Oc1ccc(-c2noc(-c3ccc(Br)c(Cl)c3)n2)cc1I. The Hall–Kier alpha value is -1.12. The molecule has 2 aromatic carbocycles. The average molecular weight is 520 g/mol. The lowest BCUT2D eigenvalue weighted by molar-refractivity contribution is 0.240. The molecule has 3 aromatic rings. The van der Waals surface area contributed by atoms with Crippen molar-refractivity contribution >= 4 is 50.1 Å². The van der Waals surface area contributed by atoms with E-state index in [0.717, 1.165) is 24.9 Å². The number of aromatic nitrogens is 2. The van der Waals surface area contributed by atoms with Crippen LogP contribution in [0.4, 0.5) is 0 Å². The number of rotatable bonds is 4. The standard InChI is InChI=1S/C17H13BrClIN2O2/c1-9(2)23-15-6-4-10(8-14(15)20)16-21-17(24-22-16)11-3-5-12(18)13(19)7-11/h3-9H,1-2H3. The van der Waals surface area contributed by atoms with Crippen molar-refractivity contribution < 1.29 is 9.26 Å². The number of nitrogens with zero attached hydrogens (tertiary/aromatic N) is 2. The van der Waals surface area contributed by atoms with Crippen molar-refractivity contribution in [1.82, 2.24) is 10.1 Å². The van der Waals surface area contributed by atoms with E-state index in [1.54, 1.807) is 6.07 Å². The van der Waals surface area contributed by atoms with Gasteiger partial charge in [-0.2, -0.15) is 4.98 Å². The maximum Gasteiger partial charge on any atom is 0.258 e. The first kappa shape index (κ1) is 17.7. The molecule has 1 heterocycles. The second-order valence-corrected chi connectivity index (χ2v) is 7.79. The third-order valence-corrected chi connectivity index (χ3v) is 5.22. The first-order chi connectivity index (χ1) is 11.4. The van der Waals surface area contributed by atoms with Crippen LogP contribution in [-0.4, -0.2) is 16.2 Å². The largest absolute Gasteiger partial charge is 0.490 e. The minimum atomic E-state index is 0.128. The highest BCUT2D eigenvalue weighted by molar-refractivity contribution is 14.1. The van der Waals surface area contributed by atoms with Gasteiger partial charge in [-0.3, -0.25) is 0 Å². The predicted molar refractivity (Wildman–Crippen MR) is 106 cm³/mol. The fourth-order valence-electron chi connectivity index (χ4n) is 2.08. The van der Waals surface area contributed by atoms with E-state index in [0.29, 0.717) is 16.7 Å². The molecule has 0 atom stereocenters. The summed E-state index contributed by atoms with van der Waals surface area (Å²) in [6.45, 7) is 4.00. The molecular weight excluding hydrogens is 506 g/mol. The van der Waals surface area contributed by atoms with Crippen LogP contribution in [0.2, 0.25) is 5.02 Å². The maximum absolute atomic E-state index is 6.12. The van der Waals surface area contributed by atoms with E-state index in [-0.39, 0.29) is 6.10 Å². The third-order valence-electron chi connectivity index (χ3n) is 3.15. The van der Waals surface area contributed by atoms with Crippen LogP contribution in [0, 0.1) is 3.57 Å². The molecule has 1 aromatic heterocycles. The molecule has 0 aliphatic carbocycles. The zero-order valence-electron chi connectivity index (χ0n) is 12.9. The van der Waals surface area contributed by atoms with E-state index in [1.807, 2.05) is 44.2 Å². The average Bonchev–Trinajstić information content (AvgIpc) is 3.01. The summed E-state index contributed by atoms with van der Waals surface area (Å²) in [6, 6.07) is 11.3. The fraction of sp³-hybridized carbons (Fsp3) is 0.176. The first-order valence-electron chi connectivity index (χ1n) is 7.20. The second kappa shape index (κ2) is 7.41. The molecule has 0 spiro atoms. The van der Waals surface area contributed by atoms with Gasteiger partial charge in [-0.05, 0) is 88.8 Å². The normalized spacial score (nSPS) is 11.1. The van der Waals surface area contributed by atoms with Gasteiger partial charge in [0.15, 0.2) is 0 Å². The van der Waals surface area contributed by atoms with Gasteiger partial charge in [0.1, 0.15) is 5.75 Å². The van der Waals surface area contributed by atoms with Crippen LogP contribution in [0.5, 0.6) is 5.75 Å². The van der Waals surface area contributed by atoms with Crippen LogP contribution in [-0.2, 0) is 0 Å². The highest BCUT2D eigenvalue weighted by Crippen LogP contribution is 2.31. The van der Waals surface area contributed by atoms with Crippen LogP contribution in [0.15, 0.2) is 45.4 Å². The van der Waals surface area contributed by atoms with Crippen molar-refractivity contribution in [1.29, 1.82) is 0 Å². The summed E-state index contributed by atoms with van der Waals surface area (Å²) in [5.41, 5.74) is 1.64. The van der Waals surface area contributed by atoms with Crippen molar-refractivity contribution in [3.8, 4) is 28.6 Å². The van der Waals surface area contributed by atoms with Gasteiger partial charge in [0.25, 0.3) is 5.89 Å². The monoisotopic (exact) mass is 518 g/mol. The summed E-state index contributed by atoms with van der Waals surface area (Å²) in [5.74, 6) is 1.80. The van der Waals surface area contributed by atoms with Crippen molar-refractivity contribution in [2.45, 2.75) is 20.0 Å². The van der Waals surface area contributed by atoms with Crippen LogP contribution in [0.25, 0.3) is 22.8 Å². The zero-order chi connectivity index (χ0) is 17.3. The van der Waals surface area contributed by atoms with Gasteiger partial charge in [-0.25, -0.2) is 0 Å². The number of ether oxygens (including phenoxy) is 1. The topological polar surface area (TPSA) is 48.2 Å². The molecule has 0 saturated carbocycles. The molecule has 124 valence electrons. The minimum Gasteiger partial charge on any atom is -0.490 e. The van der Waals surface area contributed by atoms with E-state index in [4.69, 9.17) is 20.9 Å². The summed E-state index contributed by atoms with van der Waals surface area (Å²) in [6.07, 6.45) is 0.128. The van der Waals surface area contributed by atoms with Gasteiger partial charge < -0.3 is 9.26 Å². The maximum atomic E-state index is 6.12. The van der Waals surface area contributed by atoms with E-state index >= 15 is 0 Å². The molecule has 4 nitrogen and oxygen atoms in total. The van der Waals surface area contributed by atoms with Crippen molar-refractivity contribution in [3.05, 3.63) is 49.5 Å². The van der Waals surface area contributed by atoms with E-state index in [1.165, 1.54) is 0 Å². The number of hydrogen-bond acceptors (Lipinski definition) is 4. The Kier molecular flexibility index (Phi) is 5.46. The van der Waals surface area contributed by atoms with Gasteiger partial charge in [0, 0.05) is 15.6 Å². The van der Waals surface area contributed by atoms with Crippen LogP contribution in [0.3, 0.4) is 0 Å². The van der Waals surface area contributed by atoms with Crippen LogP contribution < -0.4 is 4.74 Å². The fourth-order valence-corrected chi connectivity index (χ4v) is 3.15. The highest BCUT2D eigenvalue weighted by Gasteiger charge is 2.13. The molecule has 0 bridgehead atoms.